The van der Waals surface area contributed by atoms with Crippen molar-refractivity contribution in [1.29, 1.82) is 0 Å². The minimum atomic E-state index is -3.01. The van der Waals surface area contributed by atoms with E-state index in [0.29, 0.717) is 5.41 Å². The molecule has 0 atom stereocenters. The van der Waals surface area contributed by atoms with Gasteiger partial charge in [0.25, 0.3) is 0 Å². The van der Waals surface area contributed by atoms with Crippen molar-refractivity contribution in [1.82, 2.24) is 4.72 Å². The molecule has 1 rings (SSSR count). The van der Waals surface area contributed by atoms with Crippen molar-refractivity contribution in [2.75, 3.05) is 6.26 Å². The van der Waals surface area contributed by atoms with Gasteiger partial charge in [-0.1, -0.05) is 13.8 Å². The van der Waals surface area contributed by atoms with E-state index >= 15 is 0 Å². The zero-order valence-electron chi connectivity index (χ0n) is 8.63. The third kappa shape index (κ3) is 4.09. The fourth-order valence-corrected chi connectivity index (χ4v) is 2.66. The predicted molar refractivity (Wildman–Crippen MR) is 54.0 cm³/mol. The SMILES string of the molecule is CC1(C)CCC(NS(C)(=O)=O)CC1. The van der Waals surface area contributed by atoms with Crippen LogP contribution in [0.15, 0.2) is 0 Å². The molecule has 0 aliphatic heterocycles. The second-order valence-electron chi connectivity index (χ2n) is 4.83. The third-order valence-corrected chi connectivity index (χ3v) is 3.48. The topological polar surface area (TPSA) is 46.2 Å². The monoisotopic (exact) mass is 205 g/mol. The fourth-order valence-electron chi connectivity index (χ4n) is 1.82. The summed E-state index contributed by atoms with van der Waals surface area (Å²) < 4.78 is 24.6. The van der Waals surface area contributed by atoms with Crippen LogP contribution < -0.4 is 4.72 Å². The molecular formula is C9H19NO2S. The van der Waals surface area contributed by atoms with Crippen LogP contribution in [-0.4, -0.2) is 20.7 Å². The first-order valence-corrected chi connectivity index (χ1v) is 6.65. The minimum Gasteiger partial charge on any atom is -0.213 e. The van der Waals surface area contributed by atoms with Crippen molar-refractivity contribution in [2.45, 2.75) is 45.6 Å². The molecular weight excluding hydrogens is 186 g/mol. The summed E-state index contributed by atoms with van der Waals surface area (Å²) in [5.74, 6) is 0. The van der Waals surface area contributed by atoms with Crippen LogP contribution in [0.4, 0.5) is 0 Å². The zero-order valence-corrected chi connectivity index (χ0v) is 9.45. The normalized spacial score (nSPS) is 24.5. The molecule has 0 spiro atoms. The first-order valence-electron chi connectivity index (χ1n) is 4.76. The van der Waals surface area contributed by atoms with E-state index in [1.807, 2.05) is 0 Å². The fraction of sp³-hybridized carbons (Fsp3) is 1.00. The summed E-state index contributed by atoms with van der Waals surface area (Å²) in [5, 5.41) is 0. The second-order valence-corrected chi connectivity index (χ2v) is 6.61. The molecule has 4 heteroatoms. The van der Waals surface area contributed by atoms with E-state index in [1.165, 1.54) is 6.26 Å². The molecule has 0 amide bonds. The van der Waals surface area contributed by atoms with Gasteiger partial charge in [-0.25, -0.2) is 13.1 Å². The molecule has 0 radical (unpaired) electrons. The Balaban J connectivity index is 2.43. The molecule has 78 valence electrons. The Hall–Kier alpha value is -0.0900. The lowest BCUT2D eigenvalue weighted by Gasteiger charge is -2.34. The molecule has 0 aromatic carbocycles. The van der Waals surface area contributed by atoms with Gasteiger partial charge in [0.15, 0.2) is 0 Å². The van der Waals surface area contributed by atoms with Crippen molar-refractivity contribution < 1.29 is 8.42 Å². The standard InChI is InChI=1S/C9H19NO2S/c1-9(2)6-4-8(5-7-9)10-13(3,11)12/h8,10H,4-7H2,1-3H3. The molecule has 0 aromatic heterocycles. The molecule has 0 unspecified atom stereocenters. The van der Waals surface area contributed by atoms with Gasteiger partial charge in [-0.15, -0.1) is 0 Å². The van der Waals surface area contributed by atoms with Crippen molar-refractivity contribution in [2.24, 2.45) is 5.41 Å². The highest BCUT2D eigenvalue weighted by atomic mass is 32.2. The maximum absolute atomic E-state index is 10.9. The first-order chi connectivity index (χ1) is 5.79. The van der Waals surface area contributed by atoms with Crippen LogP contribution in [-0.2, 0) is 10.0 Å². The van der Waals surface area contributed by atoms with Crippen molar-refractivity contribution >= 4 is 10.0 Å². The van der Waals surface area contributed by atoms with Gasteiger partial charge in [0.1, 0.15) is 0 Å². The lowest BCUT2D eigenvalue weighted by atomic mass is 9.76. The largest absolute Gasteiger partial charge is 0.213 e. The Morgan fingerprint density at radius 2 is 1.69 bits per heavy atom. The average Bonchev–Trinajstić information content (AvgIpc) is 1.91. The summed E-state index contributed by atoms with van der Waals surface area (Å²) in [5.41, 5.74) is 0.398. The third-order valence-electron chi connectivity index (χ3n) is 2.72. The number of sulfonamides is 1. The Kier molecular flexibility index (Phi) is 3.02. The first kappa shape index (κ1) is 11.0. The van der Waals surface area contributed by atoms with Crippen molar-refractivity contribution in [3.63, 3.8) is 0 Å². The molecule has 1 aliphatic carbocycles. The van der Waals surface area contributed by atoms with E-state index in [2.05, 4.69) is 18.6 Å². The van der Waals surface area contributed by atoms with Crippen LogP contribution >= 0.6 is 0 Å². The molecule has 1 saturated carbocycles. The maximum Gasteiger partial charge on any atom is 0.208 e. The van der Waals surface area contributed by atoms with Gasteiger partial charge in [-0.2, -0.15) is 0 Å². The molecule has 0 bridgehead atoms. The molecule has 0 heterocycles. The second kappa shape index (κ2) is 3.58. The van der Waals surface area contributed by atoms with Crippen LogP contribution in [0, 0.1) is 5.41 Å². The average molecular weight is 205 g/mol. The summed E-state index contributed by atoms with van der Waals surface area (Å²) in [6, 6.07) is 0.169. The molecule has 3 nitrogen and oxygen atoms in total. The van der Waals surface area contributed by atoms with E-state index in [0.717, 1.165) is 25.7 Å². The Morgan fingerprint density at radius 3 is 2.08 bits per heavy atom. The maximum atomic E-state index is 10.9. The number of hydrogen-bond acceptors (Lipinski definition) is 2. The Bertz CT molecular complexity index is 259. The Morgan fingerprint density at radius 1 is 1.23 bits per heavy atom. The summed E-state index contributed by atoms with van der Waals surface area (Å²) in [4.78, 5) is 0. The van der Waals surface area contributed by atoms with Crippen LogP contribution in [0.2, 0.25) is 0 Å². The Labute approximate surface area is 81.0 Å². The molecule has 1 aliphatic rings. The van der Waals surface area contributed by atoms with E-state index in [1.54, 1.807) is 0 Å². The van der Waals surface area contributed by atoms with E-state index < -0.39 is 10.0 Å². The van der Waals surface area contributed by atoms with Crippen LogP contribution in [0.3, 0.4) is 0 Å². The summed E-state index contributed by atoms with van der Waals surface area (Å²) in [6.45, 7) is 4.48. The highest BCUT2D eigenvalue weighted by molar-refractivity contribution is 7.88. The van der Waals surface area contributed by atoms with Crippen molar-refractivity contribution in [3.8, 4) is 0 Å². The molecule has 13 heavy (non-hydrogen) atoms. The van der Waals surface area contributed by atoms with Crippen LogP contribution in [0.1, 0.15) is 39.5 Å². The van der Waals surface area contributed by atoms with Gasteiger partial charge in [0.2, 0.25) is 10.0 Å². The smallest absolute Gasteiger partial charge is 0.208 e. The lowest BCUT2D eigenvalue weighted by molar-refractivity contribution is 0.218. The molecule has 1 N–H and O–H groups in total. The zero-order chi connectivity index (χ0) is 10.1. The summed E-state index contributed by atoms with van der Waals surface area (Å²) >= 11 is 0. The molecule has 0 saturated heterocycles. The van der Waals surface area contributed by atoms with Crippen molar-refractivity contribution in [3.05, 3.63) is 0 Å². The number of nitrogens with one attached hydrogen (secondary N) is 1. The van der Waals surface area contributed by atoms with Gasteiger partial charge >= 0.3 is 0 Å². The highest BCUT2D eigenvalue weighted by Crippen LogP contribution is 2.35. The van der Waals surface area contributed by atoms with E-state index in [4.69, 9.17) is 0 Å². The molecule has 0 aromatic rings. The van der Waals surface area contributed by atoms with E-state index in [9.17, 15) is 8.42 Å². The lowest BCUT2D eigenvalue weighted by Crippen LogP contribution is -2.38. The quantitative estimate of drug-likeness (QED) is 0.742. The highest BCUT2D eigenvalue weighted by Gasteiger charge is 2.27. The van der Waals surface area contributed by atoms with Gasteiger partial charge < -0.3 is 0 Å². The molecule has 1 fully saturated rings. The summed E-state index contributed by atoms with van der Waals surface area (Å²) in [7, 11) is -3.01. The van der Waals surface area contributed by atoms with Crippen LogP contribution in [0.25, 0.3) is 0 Å². The van der Waals surface area contributed by atoms with Gasteiger partial charge in [-0.3, -0.25) is 0 Å². The van der Waals surface area contributed by atoms with Crippen LogP contribution in [0.5, 0.6) is 0 Å². The van der Waals surface area contributed by atoms with Gasteiger partial charge in [-0.05, 0) is 31.1 Å². The number of rotatable bonds is 2. The minimum absolute atomic E-state index is 0.169. The predicted octanol–water partition coefficient (Wildman–Crippen LogP) is 1.50. The van der Waals surface area contributed by atoms with Gasteiger partial charge in [0.05, 0.1) is 6.26 Å². The van der Waals surface area contributed by atoms with Gasteiger partial charge in [0, 0.05) is 6.04 Å². The summed E-state index contributed by atoms with van der Waals surface area (Å²) in [6.07, 6.45) is 5.40. The number of hydrogen-bond donors (Lipinski definition) is 1. The van der Waals surface area contributed by atoms with E-state index in [-0.39, 0.29) is 6.04 Å².